The van der Waals surface area contributed by atoms with Gasteiger partial charge in [0.2, 0.25) is 0 Å². The normalized spacial score (nSPS) is 13.9. The van der Waals surface area contributed by atoms with Gasteiger partial charge in [-0.05, 0) is 19.3 Å². The summed E-state index contributed by atoms with van der Waals surface area (Å²) >= 11 is 0. The van der Waals surface area contributed by atoms with Gasteiger partial charge in [-0.15, -0.1) is 0 Å². The number of hydrogen-bond acceptors (Lipinski definition) is 2. The molecule has 0 aromatic heterocycles. The minimum absolute atomic E-state index is 0.101. The second-order valence-electron chi connectivity index (χ2n) is 5.04. The van der Waals surface area contributed by atoms with Crippen molar-refractivity contribution in [3.63, 3.8) is 0 Å². The molecular weight excluding hydrogens is 244 g/mol. The maximum Gasteiger partial charge on any atom is 0.315 e. The molecular formula is C14H28N2O3. The average Bonchev–Trinajstić information content (AvgIpc) is 2.35. The van der Waals surface area contributed by atoms with E-state index in [4.69, 9.17) is 5.11 Å². The van der Waals surface area contributed by atoms with Crippen LogP contribution in [0.2, 0.25) is 0 Å². The van der Waals surface area contributed by atoms with E-state index in [-0.39, 0.29) is 18.6 Å². The molecule has 0 saturated heterocycles. The lowest BCUT2D eigenvalue weighted by atomic mass is 9.96. The van der Waals surface area contributed by atoms with E-state index in [9.17, 15) is 9.59 Å². The Morgan fingerprint density at radius 3 is 2.16 bits per heavy atom. The van der Waals surface area contributed by atoms with Gasteiger partial charge in [0.25, 0.3) is 0 Å². The van der Waals surface area contributed by atoms with Gasteiger partial charge in [-0.3, -0.25) is 4.79 Å². The van der Waals surface area contributed by atoms with Crippen LogP contribution in [-0.2, 0) is 4.79 Å². The molecule has 5 heteroatoms. The zero-order chi connectivity index (χ0) is 14.8. The summed E-state index contributed by atoms with van der Waals surface area (Å²) in [7, 11) is 0. The third-order valence-electron chi connectivity index (χ3n) is 3.61. The van der Waals surface area contributed by atoms with Gasteiger partial charge in [0.15, 0.2) is 0 Å². The SMILES string of the molecule is CCCC(CNC(=O)NC(C)C(CC)CC)C(=O)O. The first-order valence-electron chi connectivity index (χ1n) is 7.23. The summed E-state index contributed by atoms with van der Waals surface area (Å²) in [5.74, 6) is -0.897. The van der Waals surface area contributed by atoms with Crippen LogP contribution in [0.5, 0.6) is 0 Å². The molecule has 0 bridgehead atoms. The topological polar surface area (TPSA) is 78.4 Å². The maximum absolute atomic E-state index is 11.7. The number of carbonyl (C=O) groups excluding carboxylic acids is 1. The Labute approximate surface area is 116 Å². The summed E-state index contributed by atoms with van der Waals surface area (Å²) in [6.07, 6.45) is 3.42. The number of urea groups is 1. The van der Waals surface area contributed by atoms with Gasteiger partial charge in [0.1, 0.15) is 0 Å². The number of hydrogen-bond donors (Lipinski definition) is 3. The largest absolute Gasteiger partial charge is 0.481 e. The number of carboxylic acid groups (broad SMARTS) is 1. The molecule has 112 valence electrons. The Morgan fingerprint density at radius 2 is 1.74 bits per heavy atom. The van der Waals surface area contributed by atoms with E-state index >= 15 is 0 Å². The Morgan fingerprint density at radius 1 is 1.16 bits per heavy atom. The summed E-state index contributed by atoms with van der Waals surface area (Å²) < 4.78 is 0. The van der Waals surface area contributed by atoms with Crippen molar-refractivity contribution in [2.24, 2.45) is 11.8 Å². The fourth-order valence-electron chi connectivity index (χ4n) is 2.25. The smallest absolute Gasteiger partial charge is 0.315 e. The van der Waals surface area contributed by atoms with Crippen molar-refractivity contribution in [1.82, 2.24) is 10.6 Å². The highest BCUT2D eigenvalue weighted by Crippen LogP contribution is 2.12. The van der Waals surface area contributed by atoms with Crippen LogP contribution in [0.15, 0.2) is 0 Å². The van der Waals surface area contributed by atoms with Crippen molar-refractivity contribution in [2.75, 3.05) is 6.54 Å². The summed E-state index contributed by atoms with van der Waals surface area (Å²) in [5, 5.41) is 14.5. The Balaban J connectivity index is 4.13. The number of nitrogens with one attached hydrogen (secondary N) is 2. The van der Waals surface area contributed by atoms with E-state index in [1.807, 2.05) is 13.8 Å². The van der Waals surface area contributed by atoms with Gasteiger partial charge in [-0.2, -0.15) is 0 Å². The first kappa shape index (κ1) is 17.7. The molecule has 2 atom stereocenters. The fraction of sp³-hybridized carbons (Fsp3) is 0.857. The molecule has 0 radical (unpaired) electrons. The maximum atomic E-state index is 11.7. The van der Waals surface area contributed by atoms with Crippen LogP contribution in [0, 0.1) is 11.8 Å². The van der Waals surface area contributed by atoms with Gasteiger partial charge >= 0.3 is 12.0 Å². The van der Waals surface area contributed by atoms with Crippen molar-refractivity contribution in [2.45, 2.75) is 59.4 Å². The van der Waals surface area contributed by atoms with E-state index < -0.39 is 11.9 Å². The number of amides is 2. The minimum atomic E-state index is -0.852. The van der Waals surface area contributed by atoms with Crippen LogP contribution in [0.25, 0.3) is 0 Å². The zero-order valence-electron chi connectivity index (χ0n) is 12.5. The summed E-state index contributed by atoms with van der Waals surface area (Å²) in [5.41, 5.74) is 0. The highest BCUT2D eigenvalue weighted by molar-refractivity contribution is 5.76. The minimum Gasteiger partial charge on any atom is -0.481 e. The van der Waals surface area contributed by atoms with Crippen molar-refractivity contribution in [3.05, 3.63) is 0 Å². The van der Waals surface area contributed by atoms with Crippen LogP contribution in [0.3, 0.4) is 0 Å². The number of aliphatic carboxylic acids is 1. The average molecular weight is 272 g/mol. The number of carboxylic acids is 1. The van der Waals surface area contributed by atoms with Gasteiger partial charge in [-0.1, -0.05) is 40.0 Å². The molecule has 0 aliphatic heterocycles. The molecule has 0 saturated carbocycles. The predicted octanol–water partition coefficient (Wildman–Crippen LogP) is 2.61. The second kappa shape index (κ2) is 9.64. The first-order valence-corrected chi connectivity index (χ1v) is 7.23. The van der Waals surface area contributed by atoms with Crippen LogP contribution >= 0.6 is 0 Å². The van der Waals surface area contributed by atoms with E-state index in [2.05, 4.69) is 24.5 Å². The van der Waals surface area contributed by atoms with Crippen molar-refractivity contribution >= 4 is 12.0 Å². The highest BCUT2D eigenvalue weighted by atomic mass is 16.4. The Kier molecular flexibility index (Phi) is 9.00. The Bertz CT molecular complexity index is 278. The molecule has 2 unspecified atom stereocenters. The molecule has 0 heterocycles. The second-order valence-corrected chi connectivity index (χ2v) is 5.04. The van der Waals surface area contributed by atoms with E-state index in [0.29, 0.717) is 12.3 Å². The monoisotopic (exact) mass is 272 g/mol. The predicted molar refractivity (Wildman–Crippen MR) is 76.1 cm³/mol. The molecule has 5 nitrogen and oxygen atoms in total. The summed E-state index contributed by atoms with van der Waals surface area (Å²) in [6, 6.07) is -0.175. The van der Waals surface area contributed by atoms with Crippen LogP contribution in [0.1, 0.15) is 53.4 Å². The summed E-state index contributed by atoms with van der Waals surface area (Å²) in [4.78, 5) is 22.7. The number of carbonyl (C=O) groups is 2. The van der Waals surface area contributed by atoms with Crippen LogP contribution in [-0.4, -0.2) is 29.7 Å². The van der Waals surface area contributed by atoms with Gasteiger partial charge in [0.05, 0.1) is 5.92 Å². The molecule has 0 fully saturated rings. The molecule has 0 aromatic carbocycles. The van der Waals surface area contributed by atoms with Crippen molar-refractivity contribution in [3.8, 4) is 0 Å². The first-order chi connectivity index (χ1) is 8.96. The molecule has 19 heavy (non-hydrogen) atoms. The van der Waals surface area contributed by atoms with Crippen LogP contribution < -0.4 is 10.6 Å². The quantitative estimate of drug-likeness (QED) is 0.603. The third kappa shape index (κ3) is 7.03. The lowest BCUT2D eigenvalue weighted by molar-refractivity contribution is -0.141. The van der Waals surface area contributed by atoms with E-state index in [1.54, 1.807) is 0 Å². The lowest BCUT2D eigenvalue weighted by Gasteiger charge is -2.23. The molecule has 0 spiro atoms. The third-order valence-corrected chi connectivity index (χ3v) is 3.61. The van der Waals surface area contributed by atoms with Gasteiger partial charge < -0.3 is 15.7 Å². The standard InChI is InChI=1S/C14H28N2O3/c1-5-8-12(13(17)18)9-15-14(19)16-10(4)11(6-2)7-3/h10-12H,5-9H2,1-4H3,(H,17,18)(H2,15,16,19). The zero-order valence-corrected chi connectivity index (χ0v) is 12.5. The van der Waals surface area contributed by atoms with Gasteiger partial charge in [0, 0.05) is 12.6 Å². The van der Waals surface area contributed by atoms with Crippen molar-refractivity contribution < 1.29 is 14.7 Å². The molecule has 0 rings (SSSR count). The lowest BCUT2D eigenvalue weighted by Crippen LogP contribution is -2.45. The van der Waals surface area contributed by atoms with Crippen molar-refractivity contribution in [1.29, 1.82) is 0 Å². The molecule has 0 aliphatic rings. The fourth-order valence-corrected chi connectivity index (χ4v) is 2.25. The van der Waals surface area contributed by atoms with Gasteiger partial charge in [-0.25, -0.2) is 4.79 Å². The molecule has 0 aliphatic carbocycles. The number of rotatable bonds is 9. The van der Waals surface area contributed by atoms with Crippen LogP contribution in [0.4, 0.5) is 4.79 Å². The highest BCUT2D eigenvalue weighted by Gasteiger charge is 2.19. The van der Waals surface area contributed by atoms with E-state index in [0.717, 1.165) is 19.3 Å². The summed E-state index contributed by atoms with van der Waals surface area (Å²) in [6.45, 7) is 8.31. The molecule has 3 N–H and O–H groups in total. The Hall–Kier alpha value is -1.26. The van der Waals surface area contributed by atoms with E-state index in [1.165, 1.54) is 0 Å². The molecule has 2 amide bonds. The molecule has 0 aromatic rings.